The first-order valence-electron chi connectivity index (χ1n) is 9.49. The molecule has 0 fully saturated rings. The Morgan fingerprint density at radius 2 is 1.86 bits per heavy atom. The second-order valence-electron chi connectivity index (χ2n) is 6.70. The molecule has 0 aliphatic carbocycles. The van der Waals surface area contributed by atoms with Crippen molar-refractivity contribution in [3.63, 3.8) is 0 Å². The number of nitrogens with one attached hydrogen (secondary N) is 1. The summed E-state index contributed by atoms with van der Waals surface area (Å²) in [6.07, 6.45) is 6.13. The number of nitrogens with zero attached hydrogens (tertiary/aromatic N) is 4. The average molecular weight is 381 g/mol. The molecule has 5 rings (SSSR count). The molecule has 3 heterocycles. The zero-order chi connectivity index (χ0) is 19.5. The summed E-state index contributed by atoms with van der Waals surface area (Å²) in [7, 11) is 0. The van der Waals surface area contributed by atoms with E-state index in [1.54, 1.807) is 18.8 Å². The van der Waals surface area contributed by atoms with Gasteiger partial charge in [0.15, 0.2) is 0 Å². The molecule has 2 aromatic carbocycles. The molecule has 29 heavy (non-hydrogen) atoms. The van der Waals surface area contributed by atoms with E-state index in [2.05, 4.69) is 32.4 Å². The lowest BCUT2D eigenvalue weighted by atomic mass is 10.1. The highest BCUT2D eigenvalue weighted by atomic mass is 16.3. The van der Waals surface area contributed by atoms with Crippen LogP contribution in [0.1, 0.15) is 5.56 Å². The number of furan rings is 1. The molecule has 0 spiro atoms. The van der Waals surface area contributed by atoms with Crippen LogP contribution in [0.4, 0.5) is 5.95 Å². The van der Waals surface area contributed by atoms with E-state index in [4.69, 9.17) is 4.42 Å². The molecule has 5 aromatic rings. The second kappa shape index (κ2) is 7.59. The van der Waals surface area contributed by atoms with Crippen molar-refractivity contribution < 1.29 is 4.42 Å². The van der Waals surface area contributed by atoms with Gasteiger partial charge in [-0.1, -0.05) is 30.3 Å². The highest BCUT2D eigenvalue weighted by molar-refractivity contribution is 5.82. The van der Waals surface area contributed by atoms with Crippen molar-refractivity contribution in [2.75, 3.05) is 11.9 Å². The van der Waals surface area contributed by atoms with Crippen LogP contribution in [0.15, 0.2) is 89.9 Å². The SMILES string of the molecule is c1ccc(CCNc2nccc(-n3cnc4cc(-c5ccco5)ccc43)n2)cc1. The summed E-state index contributed by atoms with van der Waals surface area (Å²) in [4.78, 5) is 13.5. The average Bonchev–Trinajstić information content (AvgIpc) is 3.44. The van der Waals surface area contributed by atoms with Crippen LogP contribution in [-0.2, 0) is 6.42 Å². The summed E-state index contributed by atoms with van der Waals surface area (Å²) in [6.45, 7) is 0.769. The molecular weight excluding hydrogens is 362 g/mol. The summed E-state index contributed by atoms with van der Waals surface area (Å²) in [5.74, 6) is 2.20. The molecular formula is C23H19N5O. The molecule has 0 bridgehead atoms. The first-order chi connectivity index (χ1) is 14.4. The highest BCUT2D eigenvalue weighted by Crippen LogP contribution is 2.25. The van der Waals surface area contributed by atoms with Crippen molar-refractivity contribution in [1.82, 2.24) is 19.5 Å². The second-order valence-corrected chi connectivity index (χ2v) is 6.70. The molecule has 0 radical (unpaired) electrons. The molecule has 6 heteroatoms. The Kier molecular flexibility index (Phi) is 4.50. The van der Waals surface area contributed by atoms with Crippen molar-refractivity contribution in [2.45, 2.75) is 6.42 Å². The minimum absolute atomic E-state index is 0.604. The van der Waals surface area contributed by atoms with Gasteiger partial charge in [0, 0.05) is 18.3 Å². The normalized spacial score (nSPS) is 11.0. The summed E-state index contributed by atoms with van der Waals surface area (Å²) < 4.78 is 7.45. The summed E-state index contributed by atoms with van der Waals surface area (Å²) in [5.41, 5.74) is 4.15. The van der Waals surface area contributed by atoms with Gasteiger partial charge in [-0.15, -0.1) is 0 Å². The van der Waals surface area contributed by atoms with E-state index in [9.17, 15) is 0 Å². The molecule has 0 amide bonds. The van der Waals surface area contributed by atoms with E-state index >= 15 is 0 Å². The predicted octanol–water partition coefficient (Wildman–Crippen LogP) is 4.73. The Labute approximate surface area is 167 Å². The quantitative estimate of drug-likeness (QED) is 0.460. The van der Waals surface area contributed by atoms with E-state index in [1.807, 2.05) is 59.2 Å². The zero-order valence-electron chi connectivity index (χ0n) is 15.7. The largest absolute Gasteiger partial charge is 0.464 e. The van der Waals surface area contributed by atoms with Crippen molar-refractivity contribution in [1.29, 1.82) is 0 Å². The smallest absolute Gasteiger partial charge is 0.224 e. The lowest BCUT2D eigenvalue weighted by Gasteiger charge is -2.08. The Bertz CT molecular complexity index is 1230. The lowest BCUT2D eigenvalue weighted by Crippen LogP contribution is -2.09. The molecule has 0 atom stereocenters. The highest BCUT2D eigenvalue weighted by Gasteiger charge is 2.09. The minimum atomic E-state index is 0.604. The van der Waals surface area contributed by atoms with E-state index in [-0.39, 0.29) is 0 Å². The van der Waals surface area contributed by atoms with Gasteiger partial charge in [0.2, 0.25) is 5.95 Å². The monoisotopic (exact) mass is 381 g/mol. The summed E-state index contributed by atoms with van der Waals surface area (Å²) in [6, 6.07) is 22.1. The molecule has 142 valence electrons. The molecule has 0 saturated carbocycles. The third kappa shape index (κ3) is 3.60. The number of rotatable bonds is 6. The Balaban J connectivity index is 1.36. The van der Waals surface area contributed by atoms with Crippen LogP contribution < -0.4 is 5.32 Å². The fraction of sp³-hybridized carbons (Fsp3) is 0.0870. The fourth-order valence-electron chi connectivity index (χ4n) is 3.32. The van der Waals surface area contributed by atoms with Crippen LogP contribution in [0.2, 0.25) is 0 Å². The minimum Gasteiger partial charge on any atom is -0.464 e. The number of hydrogen-bond donors (Lipinski definition) is 1. The fourth-order valence-corrected chi connectivity index (χ4v) is 3.32. The van der Waals surface area contributed by atoms with E-state index in [0.29, 0.717) is 5.95 Å². The summed E-state index contributed by atoms with van der Waals surface area (Å²) >= 11 is 0. The van der Waals surface area contributed by atoms with Gasteiger partial charge in [0.1, 0.15) is 17.9 Å². The van der Waals surface area contributed by atoms with Crippen molar-refractivity contribution in [2.24, 2.45) is 0 Å². The Hall–Kier alpha value is -3.93. The molecule has 0 unspecified atom stereocenters. The maximum absolute atomic E-state index is 5.48. The molecule has 3 aromatic heterocycles. The van der Waals surface area contributed by atoms with Crippen LogP contribution >= 0.6 is 0 Å². The standard InChI is InChI=1S/C23H19N5O/c1-2-5-17(6-3-1)10-12-24-23-25-13-11-22(27-23)28-16-26-19-15-18(8-9-20(19)28)21-7-4-14-29-21/h1-9,11,13-16H,10,12H2,(H,24,25,27). The van der Waals surface area contributed by atoms with Crippen molar-refractivity contribution >= 4 is 17.0 Å². The van der Waals surface area contributed by atoms with Gasteiger partial charge in [-0.2, -0.15) is 4.98 Å². The summed E-state index contributed by atoms with van der Waals surface area (Å²) in [5, 5.41) is 3.30. The predicted molar refractivity (Wildman–Crippen MR) is 113 cm³/mol. The molecule has 0 aliphatic heterocycles. The van der Waals surface area contributed by atoms with E-state index in [1.165, 1.54) is 5.56 Å². The molecule has 0 saturated heterocycles. The van der Waals surface area contributed by atoms with Gasteiger partial charge in [0.05, 0.1) is 17.3 Å². The van der Waals surface area contributed by atoms with Crippen molar-refractivity contribution in [3.8, 4) is 17.1 Å². The topological polar surface area (TPSA) is 68.8 Å². The number of benzene rings is 2. The van der Waals surface area contributed by atoms with E-state index < -0.39 is 0 Å². The van der Waals surface area contributed by atoms with Gasteiger partial charge in [-0.25, -0.2) is 9.97 Å². The van der Waals surface area contributed by atoms with Crippen LogP contribution in [0.5, 0.6) is 0 Å². The van der Waals surface area contributed by atoms with Crippen molar-refractivity contribution in [3.05, 3.63) is 91.1 Å². The Morgan fingerprint density at radius 3 is 2.72 bits per heavy atom. The van der Waals surface area contributed by atoms with Gasteiger partial charge in [-0.05, 0) is 48.4 Å². The van der Waals surface area contributed by atoms with Gasteiger partial charge in [0.25, 0.3) is 0 Å². The van der Waals surface area contributed by atoms with E-state index in [0.717, 1.165) is 41.1 Å². The number of aromatic nitrogens is 4. The number of imidazole rings is 1. The van der Waals surface area contributed by atoms with Gasteiger partial charge >= 0.3 is 0 Å². The third-order valence-corrected chi connectivity index (χ3v) is 4.78. The van der Waals surface area contributed by atoms with Crippen LogP contribution in [0, 0.1) is 0 Å². The number of anilines is 1. The lowest BCUT2D eigenvalue weighted by molar-refractivity contribution is 0.582. The number of hydrogen-bond acceptors (Lipinski definition) is 5. The maximum atomic E-state index is 5.48. The third-order valence-electron chi connectivity index (χ3n) is 4.78. The van der Waals surface area contributed by atoms with Crippen LogP contribution in [0.3, 0.4) is 0 Å². The molecule has 0 aliphatic rings. The molecule has 1 N–H and O–H groups in total. The number of fused-ring (bicyclic) bond motifs is 1. The Morgan fingerprint density at radius 1 is 0.931 bits per heavy atom. The molecule has 6 nitrogen and oxygen atoms in total. The van der Waals surface area contributed by atoms with Crippen LogP contribution in [-0.4, -0.2) is 26.1 Å². The zero-order valence-corrected chi connectivity index (χ0v) is 15.7. The maximum Gasteiger partial charge on any atom is 0.224 e. The van der Waals surface area contributed by atoms with Gasteiger partial charge < -0.3 is 9.73 Å². The first-order valence-corrected chi connectivity index (χ1v) is 9.49. The first kappa shape index (κ1) is 17.2. The van der Waals surface area contributed by atoms with Crippen LogP contribution in [0.25, 0.3) is 28.2 Å². The van der Waals surface area contributed by atoms with Gasteiger partial charge in [-0.3, -0.25) is 4.57 Å².